The van der Waals surface area contributed by atoms with Gasteiger partial charge in [0.15, 0.2) is 0 Å². The number of hydrogen-bond acceptors (Lipinski definition) is 6. The van der Waals surface area contributed by atoms with Gasteiger partial charge in [0.2, 0.25) is 0 Å². The van der Waals surface area contributed by atoms with Crippen LogP contribution in [0.15, 0.2) is 82.7 Å². The summed E-state index contributed by atoms with van der Waals surface area (Å²) in [7, 11) is 0. The lowest BCUT2D eigenvalue weighted by Gasteiger charge is -2.13. The second-order valence-corrected chi connectivity index (χ2v) is 7.34. The van der Waals surface area contributed by atoms with Crippen molar-refractivity contribution in [3.63, 3.8) is 0 Å². The molecule has 0 heterocycles. The Bertz CT molecular complexity index is 1140. The lowest BCUT2D eigenvalue weighted by molar-refractivity contribution is 0.220. The molecule has 6 heteroatoms. The van der Waals surface area contributed by atoms with Crippen LogP contribution in [0.2, 0.25) is 0 Å². The van der Waals surface area contributed by atoms with Crippen LogP contribution >= 0.6 is 11.8 Å². The number of nitrogens with two attached hydrogens (primary N) is 2. The molecule has 0 aliphatic heterocycles. The minimum atomic E-state index is -0.888. The standard InChI is InChI=1S/C23H18N4OS/c24-13-15-8-10-16(11-9-15)22(28)18-5-3-4-17(12-18)19(14-25)23(27)29-21-7-2-1-6-20(21)26/h1-12,22,28H,26-27H2/b23-19-. The molecule has 0 fully saturated rings. The van der Waals surface area contributed by atoms with E-state index < -0.39 is 6.10 Å². The molecule has 0 saturated carbocycles. The predicted molar refractivity (Wildman–Crippen MR) is 115 cm³/mol. The van der Waals surface area contributed by atoms with Crippen LogP contribution in [-0.4, -0.2) is 5.11 Å². The number of para-hydroxylation sites is 1. The van der Waals surface area contributed by atoms with Gasteiger partial charge in [-0.25, -0.2) is 0 Å². The summed E-state index contributed by atoms with van der Waals surface area (Å²) >= 11 is 1.23. The van der Waals surface area contributed by atoms with Gasteiger partial charge in [-0.15, -0.1) is 0 Å². The molecule has 3 rings (SSSR count). The van der Waals surface area contributed by atoms with Crippen molar-refractivity contribution < 1.29 is 5.11 Å². The molecule has 0 aliphatic rings. The minimum Gasteiger partial charge on any atom is -0.398 e. The highest BCUT2D eigenvalue weighted by molar-refractivity contribution is 8.03. The van der Waals surface area contributed by atoms with Gasteiger partial charge in [0, 0.05) is 10.6 Å². The van der Waals surface area contributed by atoms with Crippen LogP contribution in [0, 0.1) is 22.7 Å². The van der Waals surface area contributed by atoms with Crippen LogP contribution < -0.4 is 11.5 Å². The molecule has 0 amide bonds. The highest BCUT2D eigenvalue weighted by Crippen LogP contribution is 2.33. The number of anilines is 1. The van der Waals surface area contributed by atoms with E-state index in [2.05, 4.69) is 12.1 Å². The fraction of sp³-hybridized carbons (Fsp3) is 0.0435. The van der Waals surface area contributed by atoms with Gasteiger partial charge in [-0.05, 0) is 47.0 Å². The maximum atomic E-state index is 10.7. The van der Waals surface area contributed by atoms with Crippen LogP contribution in [0.3, 0.4) is 0 Å². The van der Waals surface area contributed by atoms with E-state index in [0.29, 0.717) is 38.5 Å². The zero-order valence-corrected chi connectivity index (χ0v) is 16.2. The number of hydrogen-bond donors (Lipinski definition) is 3. The van der Waals surface area contributed by atoms with Crippen LogP contribution in [0.25, 0.3) is 5.57 Å². The number of nitrogens with zero attached hydrogens (tertiary/aromatic N) is 2. The Hall–Kier alpha value is -3.71. The normalized spacial score (nSPS) is 12.4. The van der Waals surface area contributed by atoms with Gasteiger partial charge in [-0.3, -0.25) is 0 Å². The monoisotopic (exact) mass is 398 g/mol. The molecular weight excluding hydrogens is 380 g/mol. The third kappa shape index (κ3) is 4.59. The largest absolute Gasteiger partial charge is 0.398 e. The van der Waals surface area contributed by atoms with Gasteiger partial charge < -0.3 is 16.6 Å². The average Bonchev–Trinajstić information content (AvgIpc) is 2.75. The van der Waals surface area contributed by atoms with Crippen molar-refractivity contribution in [2.24, 2.45) is 5.73 Å². The van der Waals surface area contributed by atoms with Gasteiger partial charge in [0.1, 0.15) is 12.2 Å². The van der Waals surface area contributed by atoms with E-state index in [-0.39, 0.29) is 0 Å². The summed E-state index contributed by atoms with van der Waals surface area (Å²) in [5.41, 5.74) is 15.5. The first kappa shape index (κ1) is 20.0. The molecule has 1 unspecified atom stereocenters. The highest BCUT2D eigenvalue weighted by Gasteiger charge is 2.14. The molecule has 0 saturated heterocycles. The molecule has 5 nitrogen and oxygen atoms in total. The van der Waals surface area contributed by atoms with Crippen molar-refractivity contribution in [3.8, 4) is 12.1 Å². The lowest BCUT2D eigenvalue weighted by atomic mass is 9.97. The van der Waals surface area contributed by atoms with Gasteiger partial charge in [-0.1, -0.05) is 54.2 Å². The van der Waals surface area contributed by atoms with Crippen LogP contribution in [0.4, 0.5) is 5.69 Å². The Morgan fingerprint density at radius 1 is 0.931 bits per heavy atom. The molecule has 0 aliphatic carbocycles. The average molecular weight is 398 g/mol. The smallest absolute Gasteiger partial charge is 0.104 e. The van der Waals surface area contributed by atoms with Gasteiger partial charge in [-0.2, -0.15) is 10.5 Å². The molecule has 1 atom stereocenters. The zero-order chi connectivity index (χ0) is 20.8. The number of aliphatic hydroxyl groups is 1. The SMILES string of the molecule is N#C/C(=C(\N)Sc1ccccc1N)c1cccc(C(O)c2ccc(C#N)cc2)c1. The summed E-state index contributed by atoms with van der Waals surface area (Å²) in [5, 5.41) is 29.6. The second kappa shape index (κ2) is 8.99. The van der Waals surface area contributed by atoms with E-state index in [1.54, 1.807) is 54.6 Å². The van der Waals surface area contributed by atoms with E-state index in [1.807, 2.05) is 18.2 Å². The molecule has 0 spiro atoms. The van der Waals surface area contributed by atoms with Crippen LogP contribution in [0.5, 0.6) is 0 Å². The van der Waals surface area contributed by atoms with Crippen LogP contribution in [-0.2, 0) is 0 Å². The van der Waals surface area contributed by atoms with E-state index in [0.717, 1.165) is 4.90 Å². The maximum absolute atomic E-state index is 10.7. The number of nitriles is 2. The van der Waals surface area contributed by atoms with Crippen molar-refractivity contribution in [2.45, 2.75) is 11.0 Å². The Morgan fingerprint density at radius 3 is 2.31 bits per heavy atom. The van der Waals surface area contributed by atoms with E-state index in [1.165, 1.54) is 11.8 Å². The molecule has 5 N–H and O–H groups in total. The zero-order valence-electron chi connectivity index (χ0n) is 15.4. The Balaban J connectivity index is 1.93. The molecule has 3 aromatic carbocycles. The molecule has 142 valence electrons. The quantitative estimate of drug-likeness (QED) is 0.337. The van der Waals surface area contributed by atoms with Gasteiger partial charge >= 0.3 is 0 Å². The third-order valence-corrected chi connectivity index (χ3v) is 5.36. The highest BCUT2D eigenvalue weighted by atomic mass is 32.2. The number of aliphatic hydroxyl groups excluding tert-OH is 1. The Labute approximate surface area is 173 Å². The van der Waals surface area contributed by atoms with Crippen molar-refractivity contribution in [3.05, 3.63) is 100 Å². The minimum absolute atomic E-state index is 0.312. The molecule has 0 bridgehead atoms. The Kier molecular flexibility index (Phi) is 6.21. The van der Waals surface area contributed by atoms with Crippen LogP contribution in [0.1, 0.15) is 28.4 Å². The molecule has 0 aromatic heterocycles. The maximum Gasteiger partial charge on any atom is 0.104 e. The second-order valence-electron chi connectivity index (χ2n) is 6.25. The van der Waals surface area contributed by atoms with Gasteiger partial charge in [0.25, 0.3) is 0 Å². The van der Waals surface area contributed by atoms with Crippen molar-refractivity contribution >= 4 is 23.0 Å². The topological polar surface area (TPSA) is 120 Å². The number of nitrogen functional groups attached to an aromatic ring is 1. The first-order chi connectivity index (χ1) is 14.0. The number of rotatable bonds is 5. The molecule has 3 aromatic rings. The van der Waals surface area contributed by atoms with E-state index >= 15 is 0 Å². The lowest BCUT2D eigenvalue weighted by Crippen LogP contribution is -2.02. The fourth-order valence-corrected chi connectivity index (χ4v) is 3.64. The first-order valence-corrected chi connectivity index (χ1v) is 9.55. The number of thioether (sulfide) groups is 1. The summed E-state index contributed by atoms with van der Waals surface area (Å²) < 4.78 is 0. The summed E-state index contributed by atoms with van der Waals surface area (Å²) in [5.74, 6) is 0. The van der Waals surface area contributed by atoms with Crippen molar-refractivity contribution in [1.29, 1.82) is 10.5 Å². The number of allylic oxidation sites excluding steroid dienone is 1. The number of benzene rings is 3. The van der Waals surface area contributed by atoms with Crippen molar-refractivity contribution in [1.82, 2.24) is 0 Å². The first-order valence-electron chi connectivity index (χ1n) is 8.74. The predicted octanol–water partition coefficient (Wildman–Crippen LogP) is 4.17. The van der Waals surface area contributed by atoms with Crippen molar-refractivity contribution in [2.75, 3.05) is 5.73 Å². The van der Waals surface area contributed by atoms with E-state index in [4.69, 9.17) is 16.7 Å². The summed E-state index contributed by atoms with van der Waals surface area (Å²) in [4.78, 5) is 0.770. The Morgan fingerprint density at radius 2 is 1.66 bits per heavy atom. The van der Waals surface area contributed by atoms with Gasteiger partial charge in [0.05, 0.1) is 22.2 Å². The van der Waals surface area contributed by atoms with E-state index in [9.17, 15) is 10.4 Å². The third-order valence-electron chi connectivity index (χ3n) is 4.34. The fourth-order valence-electron chi connectivity index (χ4n) is 2.80. The summed E-state index contributed by atoms with van der Waals surface area (Å²) in [6, 6.07) is 25.3. The summed E-state index contributed by atoms with van der Waals surface area (Å²) in [6.45, 7) is 0. The summed E-state index contributed by atoms with van der Waals surface area (Å²) in [6.07, 6.45) is -0.888. The molecule has 29 heavy (non-hydrogen) atoms. The molecule has 0 radical (unpaired) electrons. The molecular formula is C23H18N4OS.